The molecule has 0 spiro atoms. The minimum atomic E-state index is 0.321. The van der Waals surface area contributed by atoms with E-state index in [9.17, 15) is 0 Å². The van der Waals surface area contributed by atoms with Gasteiger partial charge in [0.25, 0.3) is 0 Å². The highest BCUT2D eigenvalue weighted by Gasteiger charge is 2.33. The van der Waals surface area contributed by atoms with Gasteiger partial charge in [-0.3, -0.25) is 4.90 Å². The van der Waals surface area contributed by atoms with Crippen molar-refractivity contribution in [3.63, 3.8) is 0 Å². The van der Waals surface area contributed by atoms with Gasteiger partial charge in [0.05, 0.1) is 0 Å². The van der Waals surface area contributed by atoms with Crippen LogP contribution in [0.15, 0.2) is 0 Å². The Kier molecular flexibility index (Phi) is 4.63. The Balaban J connectivity index is 2.59. The lowest BCUT2D eigenvalue weighted by molar-refractivity contribution is 0.0937. The van der Waals surface area contributed by atoms with E-state index in [0.29, 0.717) is 11.6 Å². The predicted molar refractivity (Wildman–Crippen MR) is 65.8 cm³/mol. The normalized spacial score (nSPS) is 23.3. The van der Waals surface area contributed by atoms with Gasteiger partial charge >= 0.3 is 0 Å². The van der Waals surface area contributed by atoms with Crippen LogP contribution in [0.2, 0.25) is 0 Å². The number of nitrogens with one attached hydrogen (secondary N) is 1. The molecule has 1 aliphatic heterocycles. The smallest absolute Gasteiger partial charge is 0.0304 e. The Hall–Kier alpha value is -0.520. The zero-order chi connectivity index (χ0) is 11.3. The average Bonchev–Trinajstić information content (AvgIpc) is 2.29. The van der Waals surface area contributed by atoms with Crippen molar-refractivity contribution in [1.29, 1.82) is 0 Å². The molecule has 0 aromatic rings. The van der Waals surface area contributed by atoms with Gasteiger partial charge in [-0.25, -0.2) is 0 Å². The molecule has 0 aromatic carbocycles. The van der Waals surface area contributed by atoms with Crippen LogP contribution in [-0.2, 0) is 0 Å². The van der Waals surface area contributed by atoms with Crippen LogP contribution in [0.3, 0.4) is 0 Å². The van der Waals surface area contributed by atoms with Crippen LogP contribution in [0, 0.1) is 12.3 Å². The zero-order valence-electron chi connectivity index (χ0n) is 10.3. The van der Waals surface area contributed by atoms with Gasteiger partial charge in [-0.1, -0.05) is 13.8 Å². The first-order chi connectivity index (χ1) is 7.17. The highest BCUT2D eigenvalue weighted by atomic mass is 15.2. The fourth-order valence-electron chi connectivity index (χ4n) is 2.39. The topological polar surface area (TPSA) is 15.3 Å². The second-order valence-corrected chi connectivity index (χ2v) is 4.64. The summed E-state index contributed by atoms with van der Waals surface area (Å²) in [7, 11) is 0. The first kappa shape index (κ1) is 12.5. The SMILES string of the molecule is C#CCC(C)N1CCNC(CC)(CC)C1. The number of piperazine rings is 1. The molecule has 0 radical (unpaired) electrons. The third-order valence-electron chi connectivity index (χ3n) is 3.79. The van der Waals surface area contributed by atoms with Gasteiger partial charge in [-0.15, -0.1) is 12.3 Å². The Morgan fingerprint density at radius 1 is 1.47 bits per heavy atom. The molecule has 1 heterocycles. The number of hydrogen-bond donors (Lipinski definition) is 1. The summed E-state index contributed by atoms with van der Waals surface area (Å²) in [6.07, 6.45) is 8.64. The molecular weight excluding hydrogens is 184 g/mol. The van der Waals surface area contributed by atoms with Crippen molar-refractivity contribution in [3.8, 4) is 12.3 Å². The molecule has 1 unspecified atom stereocenters. The molecule has 0 aliphatic carbocycles. The lowest BCUT2D eigenvalue weighted by atomic mass is 9.89. The monoisotopic (exact) mass is 208 g/mol. The summed E-state index contributed by atoms with van der Waals surface area (Å²) in [4.78, 5) is 2.53. The molecule has 1 aliphatic rings. The van der Waals surface area contributed by atoms with Crippen LogP contribution in [0.25, 0.3) is 0 Å². The van der Waals surface area contributed by atoms with E-state index in [1.807, 2.05) is 0 Å². The highest BCUT2D eigenvalue weighted by molar-refractivity contribution is 4.96. The predicted octanol–water partition coefficient (Wildman–Crippen LogP) is 1.86. The highest BCUT2D eigenvalue weighted by Crippen LogP contribution is 2.21. The first-order valence-corrected chi connectivity index (χ1v) is 6.10. The standard InChI is InChI=1S/C13H24N2/c1-5-8-12(4)15-10-9-14-13(6-2,7-3)11-15/h1,12,14H,6-11H2,2-4H3. The van der Waals surface area contributed by atoms with Gasteiger partial charge in [-0.2, -0.15) is 0 Å². The molecule has 2 nitrogen and oxygen atoms in total. The Morgan fingerprint density at radius 3 is 2.67 bits per heavy atom. The van der Waals surface area contributed by atoms with Gasteiger partial charge < -0.3 is 5.32 Å². The lowest BCUT2D eigenvalue weighted by Crippen LogP contribution is -2.61. The molecule has 0 saturated carbocycles. The fraction of sp³-hybridized carbons (Fsp3) is 0.846. The van der Waals surface area contributed by atoms with Gasteiger partial charge in [0.15, 0.2) is 0 Å². The number of nitrogens with zero attached hydrogens (tertiary/aromatic N) is 1. The molecule has 2 heteroatoms. The van der Waals surface area contributed by atoms with E-state index in [1.54, 1.807) is 0 Å². The molecule has 0 bridgehead atoms. The summed E-state index contributed by atoms with van der Waals surface area (Å²) in [5.41, 5.74) is 0.321. The van der Waals surface area contributed by atoms with E-state index in [-0.39, 0.29) is 0 Å². The van der Waals surface area contributed by atoms with Crippen molar-refractivity contribution < 1.29 is 0 Å². The summed E-state index contributed by atoms with van der Waals surface area (Å²) in [5.74, 6) is 2.77. The maximum absolute atomic E-state index is 5.38. The molecule has 1 atom stereocenters. The molecule has 0 aromatic heterocycles. The van der Waals surface area contributed by atoms with E-state index in [2.05, 4.69) is 36.9 Å². The second kappa shape index (κ2) is 5.53. The van der Waals surface area contributed by atoms with Gasteiger partial charge in [0.2, 0.25) is 0 Å². The van der Waals surface area contributed by atoms with Crippen LogP contribution in [0.1, 0.15) is 40.0 Å². The third-order valence-corrected chi connectivity index (χ3v) is 3.79. The van der Waals surface area contributed by atoms with Crippen molar-refractivity contribution in [2.75, 3.05) is 19.6 Å². The Morgan fingerprint density at radius 2 is 2.13 bits per heavy atom. The van der Waals surface area contributed by atoms with Crippen molar-refractivity contribution in [2.24, 2.45) is 0 Å². The van der Waals surface area contributed by atoms with Gasteiger partial charge in [0, 0.05) is 37.6 Å². The summed E-state index contributed by atoms with van der Waals surface area (Å²) < 4.78 is 0. The number of terminal acetylenes is 1. The van der Waals surface area contributed by atoms with Gasteiger partial charge in [0.1, 0.15) is 0 Å². The quantitative estimate of drug-likeness (QED) is 0.710. The van der Waals surface area contributed by atoms with Crippen LogP contribution >= 0.6 is 0 Å². The van der Waals surface area contributed by atoms with Crippen LogP contribution in [0.5, 0.6) is 0 Å². The fourth-order valence-corrected chi connectivity index (χ4v) is 2.39. The largest absolute Gasteiger partial charge is 0.309 e. The molecule has 15 heavy (non-hydrogen) atoms. The minimum Gasteiger partial charge on any atom is -0.309 e. The molecule has 1 rings (SSSR count). The van der Waals surface area contributed by atoms with E-state index >= 15 is 0 Å². The first-order valence-electron chi connectivity index (χ1n) is 6.10. The molecule has 1 N–H and O–H groups in total. The number of rotatable bonds is 4. The van der Waals surface area contributed by atoms with Crippen LogP contribution in [0.4, 0.5) is 0 Å². The molecular formula is C13H24N2. The van der Waals surface area contributed by atoms with Crippen molar-refractivity contribution >= 4 is 0 Å². The maximum Gasteiger partial charge on any atom is 0.0304 e. The summed E-state index contributed by atoms with van der Waals surface area (Å²) in [6, 6.07) is 0.523. The van der Waals surface area contributed by atoms with E-state index in [1.165, 1.54) is 12.8 Å². The van der Waals surface area contributed by atoms with E-state index in [0.717, 1.165) is 26.1 Å². The minimum absolute atomic E-state index is 0.321. The third kappa shape index (κ3) is 2.96. The second-order valence-electron chi connectivity index (χ2n) is 4.64. The molecule has 86 valence electrons. The lowest BCUT2D eigenvalue weighted by Gasteiger charge is -2.45. The Labute approximate surface area is 94.4 Å². The van der Waals surface area contributed by atoms with Crippen LogP contribution in [-0.4, -0.2) is 36.1 Å². The molecule has 1 fully saturated rings. The molecule has 0 amide bonds. The Bertz CT molecular complexity index is 225. The van der Waals surface area contributed by atoms with Gasteiger partial charge in [-0.05, 0) is 19.8 Å². The average molecular weight is 208 g/mol. The van der Waals surface area contributed by atoms with E-state index < -0.39 is 0 Å². The van der Waals surface area contributed by atoms with Crippen molar-refractivity contribution in [3.05, 3.63) is 0 Å². The van der Waals surface area contributed by atoms with Crippen molar-refractivity contribution in [2.45, 2.75) is 51.6 Å². The van der Waals surface area contributed by atoms with E-state index in [4.69, 9.17) is 6.42 Å². The maximum atomic E-state index is 5.38. The van der Waals surface area contributed by atoms with Crippen LogP contribution < -0.4 is 5.32 Å². The number of hydrogen-bond acceptors (Lipinski definition) is 2. The van der Waals surface area contributed by atoms with Crippen molar-refractivity contribution in [1.82, 2.24) is 10.2 Å². The summed E-state index contributed by atoms with van der Waals surface area (Å²) in [5, 5.41) is 3.67. The summed E-state index contributed by atoms with van der Waals surface area (Å²) >= 11 is 0. The molecule has 1 saturated heterocycles. The zero-order valence-corrected chi connectivity index (χ0v) is 10.3. The summed E-state index contributed by atoms with van der Waals surface area (Å²) in [6.45, 7) is 10.1.